The zero-order valence-electron chi connectivity index (χ0n) is 11.3. The predicted molar refractivity (Wildman–Crippen MR) is 75.4 cm³/mol. The van der Waals surface area contributed by atoms with Crippen LogP contribution in [0.5, 0.6) is 0 Å². The number of carbonyl (C=O) groups excluding carboxylic acids is 2. The molecule has 1 aromatic rings. The van der Waals surface area contributed by atoms with E-state index in [4.69, 9.17) is 11.6 Å². The Balaban J connectivity index is 2.28. The standard InChI is InChI=1S/C14H17ClN2O2/c1-9-8-12(15)4-5-13(9)17-7-6-16(11(3)18)10(2)14(17)19/h4-5,8,10H,6-7H2,1-3H3/t10-/m1/s1. The van der Waals surface area contributed by atoms with Crippen LogP contribution >= 0.6 is 11.6 Å². The third kappa shape index (κ3) is 2.59. The summed E-state index contributed by atoms with van der Waals surface area (Å²) in [6.07, 6.45) is 0. The molecule has 0 spiro atoms. The molecule has 0 saturated carbocycles. The summed E-state index contributed by atoms with van der Waals surface area (Å²) in [6, 6.07) is 5.05. The molecule has 0 N–H and O–H groups in total. The molecule has 0 bridgehead atoms. The monoisotopic (exact) mass is 280 g/mol. The van der Waals surface area contributed by atoms with Gasteiger partial charge in [-0.2, -0.15) is 0 Å². The highest BCUT2D eigenvalue weighted by molar-refractivity contribution is 6.30. The van der Waals surface area contributed by atoms with Crippen molar-refractivity contribution < 1.29 is 9.59 Å². The van der Waals surface area contributed by atoms with Gasteiger partial charge in [-0.3, -0.25) is 9.59 Å². The Labute approximate surface area is 117 Å². The van der Waals surface area contributed by atoms with E-state index in [0.29, 0.717) is 18.1 Å². The molecule has 0 radical (unpaired) electrons. The molecular formula is C14H17ClN2O2. The molecule has 0 aromatic heterocycles. The molecular weight excluding hydrogens is 264 g/mol. The Morgan fingerprint density at radius 3 is 2.63 bits per heavy atom. The van der Waals surface area contributed by atoms with Gasteiger partial charge < -0.3 is 9.80 Å². The van der Waals surface area contributed by atoms with Crippen molar-refractivity contribution in [3.8, 4) is 0 Å². The van der Waals surface area contributed by atoms with Crippen molar-refractivity contribution in [2.75, 3.05) is 18.0 Å². The maximum Gasteiger partial charge on any atom is 0.249 e. The van der Waals surface area contributed by atoms with Gasteiger partial charge >= 0.3 is 0 Å². The van der Waals surface area contributed by atoms with Gasteiger partial charge in [-0.1, -0.05) is 11.6 Å². The molecule has 1 fully saturated rings. The van der Waals surface area contributed by atoms with E-state index in [1.807, 2.05) is 19.1 Å². The molecule has 0 aliphatic carbocycles. The lowest BCUT2D eigenvalue weighted by molar-refractivity contribution is -0.139. The van der Waals surface area contributed by atoms with Gasteiger partial charge in [0.15, 0.2) is 0 Å². The molecule has 1 aliphatic heterocycles. The van der Waals surface area contributed by atoms with Gasteiger partial charge in [-0.15, -0.1) is 0 Å². The van der Waals surface area contributed by atoms with E-state index in [9.17, 15) is 9.59 Å². The van der Waals surface area contributed by atoms with Gasteiger partial charge in [0.2, 0.25) is 11.8 Å². The molecule has 4 nitrogen and oxygen atoms in total. The molecule has 19 heavy (non-hydrogen) atoms. The highest BCUT2D eigenvalue weighted by Gasteiger charge is 2.33. The lowest BCUT2D eigenvalue weighted by atomic mass is 10.1. The van der Waals surface area contributed by atoms with E-state index in [-0.39, 0.29) is 11.8 Å². The number of aryl methyl sites for hydroxylation is 1. The summed E-state index contributed by atoms with van der Waals surface area (Å²) in [5.74, 6) is -0.111. The normalized spacial score (nSPS) is 19.8. The maximum absolute atomic E-state index is 12.4. The van der Waals surface area contributed by atoms with Crippen molar-refractivity contribution in [3.63, 3.8) is 0 Å². The van der Waals surface area contributed by atoms with Crippen LogP contribution in [0.15, 0.2) is 18.2 Å². The first-order valence-corrected chi connectivity index (χ1v) is 6.64. The van der Waals surface area contributed by atoms with Crippen LogP contribution < -0.4 is 4.90 Å². The third-order valence-electron chi connectivity index (χ3n) is 3.51. The number of piperazine rings is 1. The van der Waals surface area contributed by atoms with E-state index < -0.39 is 6.04 Å². The van der Waals surface area contributed by atoms with Gasteiger partial charge in [0.1, 0.15) is 6.04 Å². The predicted octanol–water partition coefficient (Wildman–Crippen LogP) is 2.23. The summed E-state index contributed by atoms with van der Waals surface area (Å²) in [5, 5.41) is 0.657. The summed E-state index contributed by atoms with van der Waals surface area (Å²) >= 11 is 5.93. The molecule has 1 saturated heterocycles. The summed E-state index contributed by atoms with van der Waals surface area (Å²) in [4.78, 5) is 27.2. The first kappa shape index (κ1) is 13.9. The van der Waals surface area contributed by atoms with Crippen LogP contribution in [0.2, 0.25) is 5.02 Å². The van der Waals surface area contributed by atoms with E-state index >= 15 is 0 Å². The second-order valence-electron chi connectivity index (χ2n) is 4.81. The molecule has 2 rings (SSSR count). The number of halogens is 1. The molecule has 0 unspecified atom stereocenters. The SMILES string of the molecule is CC(=O)N1CCN(c2ccc(Cl)cc2C)C(=O)[C@H]1C. The fourth-order valence-corrected chi connectivity index (χ4v) is 2.69. The van der Waals surface area contributed by atoms with Crippen LogP contribution in [0.4, 0.5) is 5.69 Å². The number of anilines is 1. The van der Waals surface area contributed by atoms with Crippen LogP contribution in [0.1, 0.15) is 19.4 Å². The molecule has 2 amide bonds. The minimum absolute atomic E-state index is 0.0492. The van der Waals surface area contributed by atoms with Crippen molar-refractivity contribution in [2.24, 2.45) is 0 Å². The topological polar surface area (TPSA) is 40.6 Å². The van der Waals surface area contributed by atoms with Crippen molar-refractivity contribution in [1.82, 2.24) is 4.90 Å². The molecule has 102 valence electrons. The summed E-state index contributed by atoms with van der Waals surface area (Å²) in [6.45, 7) is 6.26. The first-order chi connectivity index (χ1) is 8.91. The fourth-order valence-electron chi connectivity index (χ4n) is 2.46. The molecule has 1 aromatic carbocycles. The number of benzene rings is 1. The van der Waals surface area contributed by atoms with Gasteiger partial charge in [-0.05, 0) is 37.6 Å². The smallest absolute Gasteiger partial charge is 0.249 e. The summed E-state index contributed by atoms with van der Waals surface area (Å²) < 4.78 is 0. The van der Waals surface area contributed by atoms with Crippen molar-refractivity contribution >= 4 is 29.1 Å². The first-order valence-electron chi connectivity index (χ1n) is 6.26. The Morgan fingerprint density at radius 1 is 1.37 bits per heavy atom. The van der Waals surface area contributed by atoms with E-state index in [0.717, 1.165) is 11.3 Å². The van der Waals surface area contributed by atoms with Crippen LogP contribution in [0.25, 0.3) is 0 Å². The number of hydrogen-bond acceptors (Lipinski definition) is 2. The Morgan fingerprint density at radius 2 is 2.05 bits per heavy atom. The molecule has 1 heterocycles. The van der Waals surface area contributed by atoms with Crippen molar-refractivity contribution in [2.45, 2.75) is 26.8 Å². The molecule has 5 heteroatoms. The zero-order chi connectivity index (χ0) is 14.2. The highest BCUT2D eigenvalue weighted by Crippen LogP contribution is 2.26. The van der Waals surface area contributed by atoms with Crippen molar-refractivity contribution in [1.29, 1.82) is 0 Å². The zero-order valence-corrected chi connectivity index (χ0v) is 12.1. The lowest BCUT2D eigenvalue weighted by Crippen LogP contribution is -2.57. The van der Waals surface area contributed by atoms with Gasteiger partial charge in [0, 0.05) is 30.7 Å². The molecule has 1 atom stereocenters. The Kier molecular flexibility index (Phi) is 3.80. The van der Waals surface area contributed by atoms with Crippen LogP contribution in [-0.2, 0) is 9.59 Å². The Bertz CT molecular complexity index is 530. The number of hydrogen-bond donors (Lipinski definition) is 0. The maximum atomic E-state index is 12.4. The van der Waals surface area contributed by atoms with Gasteiger partial charge in [-0.25, -0.2) is 0 Å². The van der Waals surface area contributed by atoms with E-state index in [2.05, 4.69) is 0 Å². The Hall–Kier alpha value is -1.55. The molecule has 1 aliphatic rings. The second kappa shape index (κ2) is 5.21. The fraction of sp³-hybridized carbons (Fsp3) is 0.429. The average Bonchev–Trinajstić information content (AvgIpc) is 2.33. The number of rotatable bonds is 1. The van der Waals surface area contributed by atoms with Gasteiger partial charge in [0.05, 0.1) is 0 Å². The minimum Gasteiger partial charge on any atom is -0.329 e. The van der Waals surface area contributed by atoms with Crippen LogP contribution in [0, 0.1) is 6.92 Å². The van der Waals surface area contributed by atoms with Crippen molar-refractivity contribution in [3.05, 3.63) is 28.8 Å². The number of nitrogens with zero attached hydrogens (tertiary/aromatic N) is 2. The number of carbonyl (C=O) groups is 2. The average molecular weight is 281 g/mol. The third-order valence-corrected chi connectivity index (χ3v) is 3.74. The lowest BCUT2D eigenvalue weighted by Gasteiger charge is -2.39. The minimum atomic E-state index is -0.415. The van der Waals surface area contributed by atoms with E-state index in [1.165, 1.54) is 6.92 Å². The summed E-state index contributed by atoms with van der Waals surface area (Å²) in [5.41, 5.74) is 1.83. The van der Waals surface area contributed by atoms with Crippen LogP contribution in [-0.4, -0.2) is 35.8 Å². The van der Waals surface area contributed by atoms with Crippen LogP contribution in [0.3, 0.4) is 0 Å². The quantitative estimate of drug-likeness (QED) is 0.791. The van der Waals surface area contributed by atoms with E-state index in [1.54, 1.807) is 22.8 Å². The summed E-state index contributed by atoms with van der Waals surface area (Å²) in [7, 11) is 0. The van der Waals surface area contributed by atoms with Gasteiger partial charge in [0.25, 0.3) is 0 Å². The highest BCUT2D eigenvalue weighted by atomic mass is 35.5. The largest absolute Gasteiger partial charge is 0.329 e. The number of amides is 2. The second-order valence-corrected chi connectivity index (χ2v) is 5.25.